The minimum absolute atomic E-state index is 0.0204. The molecule has 2 aromatic carbocycles. The van der Waals surface area contributed by atoms with E-state index in [-0.39, 0.29) is 40.5 Å². The summed E-state index contributed by atoms with van der Waals surface area (Å²) in [6.45, 7) is 5.21. The molecule has 1 aliphatic heterocycles. The zero-order valence-corrected chi connectivity index (χ0v) is 19.4. The number of hydrogen-bond acceptors (Lipinski definition) is 6. The lowest BCUT2D eigenvalue weighted by Gasteiger charge is -2.27. The van der Waals surface area contributed by atoms with Gasteiger partial charge in [-0.25, -0.2) is 0 Å². The van der Waals surface area contributed by atoms with Gasteiger partial charge in [0.25, 0.3) is 17.5 Å². The molecule has 4 rings (SSSR count). The summed E-state index contributed by atoms with van der Waals surface area (Å²) in [4.78, 5) is 38.3. The molecule has 1 aromatic heterocycles. The maximum Gasteiger partial charge on any atom is 0.280 e. The van der Waals surface area contributed by atoms with E-state index in [4.69, 9.17) is 4.42 Å². The summed E-state index contributed by atoms with van der Waals surface area (Å²) in [5, 5.41) is 21.2. The van der Waals surface area contributed by atoms with E-state index >= 15 is 0 Å². The Kier molecular flexibility index (Phi) is 6.17. The lowest BCUT2D eigenvalue weighted by atomic mass is 9.94. The Labute approximate surface area is 201 Å². The number of nitriles is 1. The number of amides is 2. The molecule has 3 aromatic rings. The first-order chi connectivity index (χ1) is 16.7. The standard InChI is InChI=1S/C27H21N3O5/c1-16-11-22(24(30(33)34)12-17(16)2)25-10-9-20(35-25)13-21-18(3)23(14-28)27(32)29(26(21)31)15-19-7-5-4-6-8-19/h4-13H,15H2,1-3H3/b21-13+. The molecule has 8 nitrogen and oxygen atoms in total. The molecule has 2 amide bonds. The van der Waals surface area contributed by atoms with Gasteiger partial charge in [0.2, 0.25) is 0 Å². The van der Waals surface area contributed by atoms with E-state index < -0.39 is 16.7 Å². The molecule has 2 heterocycles. The van der Waals surface area contributed by atoms with E-state index in [9.17, 15) is 25.0 Å². The molecule has 174 valence electrons. The number of furan rings is 1. The third-order valence-electron chi connectivity index (χ3n) is 6.00. The Balaban J connectivity index is 1.76. The molecule has 0 unspecified atom stereocenters. The van der Waals surface area contributed by atoms with Crippen LogP contribution < -0.4 is 0 Å². The van der Waals surface area contributed by atoms with Crippen molar-refractivity contribution in [2.45, 2.75) is 27.3 Å². The highest BCUT2D eigenvalue weighted by Gasteiger charge is 2.35. The largest absolute Gasteiger partial charge is 0.456 e. The van der Waals surface area contributed by atoms with Crippen molar-refractivity contribution in [3.8, 4) is 17.4 Å². The summed E-state index contributed by atoms with van der Waals surface area (Å²) in [7, 11) is 0. The first-order valence-corrected chi connectivity index (χ1v) is 10.8. The number of nitro groups is 1. The molecule has 0 saturated heterocycles. The zero-order valence-electron chi connectivity index (χ0n) is 19.4. The van der Waals surface area contributed by atoms with Crippen LogP contribution in [-0.2, 0) is 16.1 Å². The van der Waals surface area contributed by atoms with Crippen molar-refractivity contribution in [1.82, 2.24) is 4.90 Å². The van der Waals surface area contributed by atoms with E-state index in [0.717, 1.165) is 21.6 Å². The minimum atomic E-state index is -0.651. The van der Waals surface area contributed by atoms with E-state index in [0.29, 0.717) is 5.56 Å². The highest BCUT2D eigenvalue weighted by molar-refractivity contribution is 6.19. The van der Waals surface area contributed by atoms with Gasteiger partial charge in [-0.05, 0) is 67.3 Å². The number of carbonyl (C=O) groups excluding carboxylic acids is 2. The predicted molar refractivity (Wildman–Crippen MR) is 129 cm³/mol. The molecule has 8 heteroatoms. The van der Waals surface area contributed by atoms with Crippen LogP contribution >= 0.6 is 0 Å². The fourth-order valence-electron chi connectivity index (χ4n) is 3.91. The van der Waals surface area contributed by atoms with Crippen LogP contribution in [0, 0.1) is 35.3 Å². The van der Waals surface area contributed by atoms with Crippen molar-refractivity contribution in [1.29, 1.82) is 5.26 Å². The zero-order chi connectivity index (χ0) is 25.3. The average Bonchev–Trinajstić information content (AvgIpc) is 3.30. The molecular formula is C27H21N3O5. The number of rotatable bonds is 5. The summed E-state index contributed by atoms with van der Waals surface area (Å²) >= 11 is 0. The van der Waals surface area contributed by atoms with E-state index in [1.165, 1.54) is 19.1 Å². The smallest absolute Gasteiger partial charge is 0.280 e. The van der Waals surface area contributed by atoms with Crippen molar-refractivity contribution in [3.63, 3.8) is 0 Å². The second-order valence-corrected chi connectivity index (χ2v) is 8.26. The van der Waals surface area contributed by atoms with Crippen LogP contribution in [0.25, 0.3) is 17.4 Å². The van der Waals surface area contributed by atoms with Gasteiger partial charge in [0.1, 0.15) is 23.2 Å². The lowest BCUT2D eigenvalue weighted by Crippen LogP contribution is -2.42. The summed E-state index contributed by atoms with van der Waals surface area (Å²) in [5.74, 6) is -0.664. The lowest BCUT2D eigenvalue weighted by molar-refractivity contribution is -0.384. The van der Waals surface area contributed by atoms with Crippen LogP contribution in [0.5, 0.6) is 0 Å². The van der Waals surface area contributed by atoms with Gasteiger partial charge >= 0.3 is 0 Å². The number of aryl methyl sites for hydroxylation is 2. The second-order valence-electron chi connectivity index (χ2n) is 8.26. The molecule has 0 spiro atoms. The van der Waals surface area contributed by atoms with E-state index in [1.54, 1.807) is 49.4 Å². The molecule has 35 heavy (non-hydrogen) atoms. The molecule has 0 atom stereocenters. The fraction of sp³-hybridized carbons (Fsp3) is 0.148. The number of carbonyl (C=O) groups is 2. The highest BCUT2D eigenvalue weighted by Crippen LogP contribution is 2.35. The normalized spacial score (nSPS) is 15.0. The maximum absolute atomic E-state index is 13.3. The average molecular weight is 467 g/mol. The minimum Gasteiger partial charge on any atom is -0.456 e. The molecule has 0 saturated carbocycles. The van der Waals surface area contributed by atoms with Crippen LogP contribution in [0.3, 0.4) is 0 Å². The quantitative estimate of drug-likeness (QED) is 0.218. The van der Waals surface area contributed by atoms with E-state index in [1.807, 2.05) is 19.1 Å². The van der Waals surface area contributed by atoms with Gasteiger partial charge in [-0.1, -0.05) is 30.3 Å². The van der Waals surface area contributed by atoms with Gasteiger partial charge < -0.3 is 4.42 Å². The molecule has 0 bridgehead atoms. The van der Waals surface area contributed by atoms with Crippen LogP contribution in [-0.4, -0.2) is 21.6 Å². The van der Waals surface area contributed by atoms with Crippen LogP contribution in [0.1, 0.15) is 29.4 Å². The molecule has 0 aliphatic carbocycles. The topological polar surface area (TPSA) is 117 Å². The van der Waals surface area contributed by atoms with Crippen LogP contribution in [0.2, 0.25) is 0 Å². The summed E-state index contributed by atoms with van der Waals surface area (Å²) in [6.07, 6.45) is 1.45. The summed E-state index contributed by atoms with van der Waals surface area (Å²) < 4.78 is 5.86. The molecule has 0 N–H and O–H groups in total. The van der Waals surface area contributed by atoms with Crippen molar-refractivity contribution in [2.75, 3.05) is 0 Å². The molecule has 0 radical (unpaired) electrons. The van der Waals surface area contributed by atoms with Crippen molar-refractivity contribution >= 4 is 23.6 Å². The first-order valence-electron chi connectivity index (χ1n) is 10.8. The number of hydrogen-bond donors (Lipinski definition) is 0. The third-order valence-corrected chi connectivity index (χ3v) is 6.00. The fourth-order valence-corrected chi connectivity index (χ4v) is 3.91. The SMILES string of the molecule is CC1=C(C#N)C(=O)N(Cc2ccccc2)C(=O)/C1=C/c1ccc(-c2cc(C)c(C)cc2[N+](=O)[O-])o1. The molecule has 1 aliphatic rings. The first kappa shape index (κ1) is 23.4. The van der Waals surface area contributed by atoms with Gasteiger partial charge in [0, 0.05) is 11.6 Å². The number of imide groups is 1. The van der Waals surface area contributed by atoms with Crippen LogP contribution in [0.15, 0.2) is 75.7 Å². The Hall–Kier alpha value is -4.77. The van der Waals surface area contributed by atoms with Gasteiger partial charge in [0.15, 0.2) is 0 Å². The number of nitro benzene ring substituents is 1. The second kappa shape index (κ2) is 9.23. The van der Waals surface area contributed by atoms with Gasteiger partial charge in [-0.3, -0.25) is 24.6 Å². The maximum atomic E-state index is 13.3. The Morgan fingerprint density at radius 3 is 2.37 bits per heavy atom. The number of benzene rings is 2. The predicted octanol–water partition coefficient (Wildman–Crippen LogP) is 5.26. The van der Waals surface area contributed by atoms with Gasteiger partial charge in [0.05, 0.1) is 17.0 Å². The number of nitrogens with zero attached hydrogens (tertiary/aromatic N) is 3. The highest BCUT2D eigenvalue weighted by atomic mass is 16.6. The Morgan fingerprint density at radius 1 is 1.03 bits per heavy atom. The Morgan fingerprint density at radius 2 is 1.71 bits per heavy atom. The van der Waals surface area contributed by atoms with Gasteiger partial charge in [-0.15, -0.1) is 0 Å². The monoisotopic (exact) mass is 467 g/mol. The molecule has 0 fully saturated rings. The van der Waals surface area contributed by atoms with E-state index in [2.05, 4.69) is 0 Å². The molecular weight excluding hydrogens is 446 g/mol. The van der Waals surface area contributed by atoms with Crippen molar-refractivity contribution in [2.24, 2.45) is 0 Å². The van der Waals surface area contributed by atoms with Gasteiger partial charge in [-0.2, -0.15) is 5.26 Å². The van der Waals surface area contributed by atoms with Crippen LogP contribution in [0.4, 0.5) is 5.69 Å². The van der Waals surface area contributed by atoms with Crippen molar-refractivity contribution < 1.29 is 18.9 Å². The van der Waals surface area contributed by atoms with Crippen molar-refractivity contribution in [3.05, 3.63) is 104 Å². The third kappa shape index (κ3) is 4.39. The summed E-state index contributed by atoms with van der Waals surface area (Å²) in [6, 6.07) is 17.3. The summed E-state index contributed by atoms with van der Waals surface area (Å²) in [5.41, 5.74) is 2.92. The Bertz CT molecular complexity index is 1470.